The number of benzene rings is 2. The molecule has 0 bridgehead atoms. The molecule has 7 heteroatoms. The van der Waals surface area contributed by atoms with E-state index < -0.39 is 0 Å². The minimum Gasteiger partial charge on any atom is -0.508 e. The minimum absolute atomic E-state index is 0.0430. The van der Waals surface area contributed by atoms with Gasteiger partial charge >= 0.3 is 0 Å². The van der Waals surface area contributed by atoms with E-state index in [4.69, 9.17) is 9.47 Å². The van der Waals surface area contributed by atoms with Gasteiger partial charge in [0.15, 0.2) is 0 Å². The van der Waals surface area contributed by atoms with E-state index >= 15 is 0 Å². The van der Waals surface area contributed by atoms with Crippen LogP contribution in [-0.2, 0) is 11.2 Å². The van der Waals surface area contributed by atoms with Crippen molar-refractivity contribution in [2.45, 2.75) is 25.8 Å². The van der Waals surface area contributed by atoms with Crippen LogP contribution in [0.3, 0.4) is 0 Å². The molecular weight excluding hydrogens is 406 g/mol. The summed E-state index contributed by atoms with van der Waals surface area (Å²) < 4.78 is 11.1. The third-order valence-corrected chi connectivity index (χ3v) is 6.55. The number of hydrogen-bond donors (Lipinski definition) is 1. The highest BCUT2D eigenvalue weighted by Gasteiger charge is 2.27. The van der Waals surface area contributed by atoms with Crippen LogP contribution in [0.4, 0.5) is 11.4 Å². The van der Waals surface area contributed by atoms with Gasteiger partial charge in [-0.3, -0.25) is 9.69 Å². The first-order valence-electron chi connectivity index (χ1n) is 11.3. The molecule has 2 aromatic carbocycles. The zero-order valence-corrected chi connectivity index (χ0v) is 19.2. The molecule has 0 aromatic heterocycles. The Morgan fingerprint density at radius 3 is 2.66 bits per heavy atom. The first-order valence-corrected chi connectivity index (χ1v) is 11.3. The number of aromatic hydroxyl groups is 1. The van der Waals surface area contributed by atoms with Gasteiger partial charge in [-0.05, 0) is 55.7 Å². The van der Waals surface area contributed by atoms with E-state index in [2.05, 4.69) is 22.8 Å². The summed E-state index contributed by atoms with van der Waals surface area (Å²) in [4.78, 5) is 19.7. The van der Waals surface area contributed by atoms with Gasteiger partial charge in [0.25, 0.3) is 5.91 Å². The largest absolute Gasteiger partial charge is 0.508 e. The Hall–Kier alpha value is -2.77. The van der Waals surface area contributed by atoms with Crippen LogP contribution in [0, 0.1) is 0 Å². The summed E-state index contributed by atoms with van der Waals surface area (Å²) >= 11 is 0. The number of phenols is 1. The van der Waals surface area contributed by atoms with E-state index in [1.807, 2.05) is 12.1 Å². The van der Waals surface area contributed by atoms with E-state index in [1.54, 1.807) is 37.3 Å². The van der Waals surface area contributed by atoms with Crippen molar-refractivity contribution < 1.29 is 19.4 Å². The molecule has 1 amide bonds. The van der Waals surface area contributed by atoms with E-state index in [1.165, 1.54) is 0 Å². The van der Waals surface area contributed by atoms with Crippen molar-refractivity contribution in [3.05, 3.63) is 47.5 Å². The monoisotopic (exact) mass is 439 g/mol. The van der Waals surface area contributed by atoms with E-state index in [9.17, 15) is 9.90 Å². The van der Waals surface area contributed by atoms with Gasteiger partial charge in [-0.15, -0.1) is 0 Å². The van der Waals surface area contributed by atoms with Crippen molar-refractivity contribution in [1.82, 2.24) is 4.90 Å². The molecule has 0 radical (unpaired) electrons. The third kappa shape index (κ3) is 4.54. The van der Waals surface area contributed by atoms with Gasteiger partial charge in [0.05, 0.1) is 19.4 Å². The molecule has 2 aliphatic rings. The zero-order valence-electron chi connectivity index (χ0n) is 19.2. The van der Waals surface area contributed by atoms with Crippen LogP contribution in [-0.4, -0.2) is 75.5 Å². The molecule has 2 aromatic rings. The number of rotatable bonds is 6. The maximum Gasteiger partial charge on any atom is 0.258 e. The Balaban J connectivity index is 1.52. The number of phenolic OH excluding ortho intramolecular Hbond substituents is 1. The molecule has 0 saturated carbocycles. The van der Waals surface area contributed by atoms with Gasteiger partial charge in [0, 0.05) is 63.2 Å². The summed E-state index contributed by atoms with van der Waals surface area (Å²) in [6.45, 7) is 7.44. The van der Waals surface area contributed by atoms with Crippen LogP contribution < -0.4 is 14.5 Å². The van der Waals surface area contributed by atoms with Gasteiger partial charge in [0.1, 0.15) is 11.5 Å². The normalized spacial score (nSPS) is 18.3. The lowest BCUT2D eigenvalue weighted by molar-refractivity contribution is 0.0980. The molecule has 172 valence electrons. The molecule has 1 fully saturated rings. The smallest absolute Gasteiger partial charge is 0.258 e. The van der Waals surface area contributed by atoms with Crippen molar-refractivity contribution >= 4 is 17.3 Å². The highest BCUT2D eigenvalue weighted by molar-refractivity contribution is 6.08. The zero-order chi connectivity index (χ0) is 22.7. The van der Waals surface area contributed by atoms with Crippen LogP contribution in [0.15, 0.2) is 36.4 Å². The number of nitrogens with zero attached hydrogens (tertiary/aromatic N) is 3. The summed E-state index contributed by atoms with van der Waals surface area (Å²) in [5.41, 5.74) is 3.44. The van der Waals surface area contributed by atoms with Gasteiger partial charge in [-0.25, -0.2) is 0 Å². The molecule has 0 spiro atoms. The van der Waals surface area contributed by atoms with Crippen molar-refractivity contribution in [1.29, 1.82) is 0 Å². The number of hydrogen-bond acceptors (Lipinski definition) is 6. The molecule has 7 nitrogen and oxygen atoms in total. The lowest BCUT2D eigenvalue weighted by atomic mass is 9.98. The van der Waals surface area contributed by atoms with Gasteiger partial charge in [-0.1, -0.05) is 0 Å². The molecule has 2 aliphatic heterocycles. The quantitative estimate of drug-likeness (QED) is 0.746. The number of ether oxygens (including phenoxy) is 2. The second kappa shape index (κ2) is 9.79. The SMILES string of the molecule is COCC(C)N1CCCN(c2ccc(N3CCc4cc(O)ccc4C3=O)cc2OC)CC1. The molecule has 2 heterocycles. The Bertz CT molecular complexity index is 964. The van der Waals surface area contributed by atoms with Crippen molar-refractivity contribution in [2.24, 2.45) is 0 Å². The van der Waals surface area contributed by atoms with E-state index in [0.29, 0.717) is 24.6 Å². The third-order valence-electron chi connectivity index (χ3n) is 6.55. The number of carbonyl (C=O) groups is 1. The fourth-order valence-electron chi connectivity index (χ4n) is 4.78. The Morgan fingerprint density at radius 1 is 1.03 bits per heavy atom. The summed E-state index contributed by atoms with van der Waals surface area (Å²) in [7, 11) is 3.44. The maximum atomic E-state index is 13.1. The lowest BCUT2D eigenvalue weighted by Crippen LogP contribution is -2.39. The van der Waals surface area contributed by atoms with Gasteiger partial charge in [-0.2, -0.15) is 0 Å². The molecule has 1 atom stereocenters. The van der Waals surface area contributed by atoms with E-state index in [-0.39, 0.29) is 11.7 Å². The summed E-state index contributed by atoms with van der Waals surface area (Å²) in [5, 5.41) is 9.72. The first kappa shape index (κ1) is 22.4. The standard InChI is InChI=1S/C25H33N3O4/c1-18(17-31-2)26-10-4-11-27(14-13-26)23-8-5-20(16-24(23)32-3)28-12-9-19-15-21(29)6-7-22(19)25(28)30/h5-8,15-16,18,29H,4,9-14,17H2,1-3H3. The Morgan fingerprint density at radius 2 is 1.88 bits per heavy atom. The highest BCUT2D eigenvalue weighted by atomic mass is 16.5. The molecular formula is C25H33N3O4. The summed E-state index contributed by atoms with van der Waals surface area (Å²) in [5.74, 6) is 0.937. The van der Waals surface area contributed by atoms with Crippen LogP contribution in [0.1, 0.15) is 29.3 Å². The minimum atomic E-state index is -0.0430. The molecule has 4 rings (SSSR count). The summed E-state index contributed by atoms with van der Waals surface area (Å²) in [6, 6.07) is 11.4. The van der Waals surface area contributed by atoms with Gasteiger partial charge < -0.3 is 24.4 Å². The average Bonchev–Trinajstić information content (AvgIpc) is 3.05. The van der Waals surface area contributed by atoms with Crippen LogP contribution in [0.5, 0.6) is 11.5 Å². The second-order valence-corrected chi connectivity index (χ2v) is 8.59. The molecule has 1 unspecified atom stereocenters. The second-order valence-electron chi connectivity index (χ2n) is 8.59. The molecule has 1 N–H and O–H groups in total. The average molecular weight is 440 g/mol. The van der Waals surface area contributed by atoms with Crippen LogP contribution >= 0.6 is 0 Å². The lowest BCUT2D eigenvalue weighted by Gasteiger charge is -2.31. The Labute approximate surface area is 190 Å². The Kier molecular flexibility index (Phi) is 6.86. The number of fused-ring (bicyclic) bond motifs is 1. The van der Waals surface area contributed by atoms with Crippen molar-refractivity contribution in [2.75, 3.05) is 63.4 Å². The number of carbonyl (C=O) groups excluding carboxylic acids is 1. The van der Waals surface area contributed by atoms with E-state index in [0.717, 1.165) is 61.9 Å². The number of amides is 1. The van der Waals surface area contributed by atoms with Crippen molar-refractivity contribution in [3.8, 4) is 11.5 Å². The fourth-order valence-corrected chi connectivity index (χ4v) is 4.78. The maximum absolute atomic E-state index is 13.1. The first-order chi connectivity index (χ1) is 15.5. The molecule has 1 saturated heterocycles. The van der Waals surface area contributed by atoms with Crippen LogP contribution in [0.25, 0.3) is 0 Å². The summed E-state index contributed by atoms with van der Waals surface area (Å²) in [6.07, 6.45) is 1.79. The predicted molar refractivity (Wildman–Crippen MR) is 126 cm³/mol. The molecule has 0 aliphatic carbocycles. The number of anilines is 2. The molecule has 32 heavy (non-hydrogen) atoms. The topological polar surface area (TPSA) is 65.5 Å². The van der Waals surface area contributed by atoms with Crippen LogP contribution in [0.2, 0.25) is 0 Å². The highest BCUT2D eigenvalue weighted by Crippen LogP contribution is 2.35. The predicted octanol–water partition coefficient (Wildman–Crippen LogP) is 3.15. The number of methoxy groups -OCH3 is 2. The van der Waals surface area contributed by atoms with Gasteiger partial charge in [0.2, 0.25) is 0 Å². The fraction of sp³-hybridized carbons (Fsp3) is 0.480. The van der Waals surface area contributed by atoms with Crippen molar-refractivity contribution in [3.63, 3.8) is 0 Å².